The first-order valence-corrected chi connectivity index (χ1v) is 7.83. The lowest BCUT2D eigenvalue weighted by Gasteiger charge is -2.26. The third kappa shape index (κ3) is 3.72. The number of hydrogen-bond acceptors (Lipinski definition) is 2. The largest absolute Gasteiger partial charge is 0.326 e. The lowest BCUT2D eigenvalue weighted by molar-refractivity contribution is 0.730. The average molecular weight is 278 g/mol. The Morgan fingerprint density at radius 3 is 2.29 bits per heavy atom. The van der Waals surface area contributed by atoms with Crippen molar-refractivity contribution in [2.45, 2.75) is 32.2 Å². The highest BCUT2D eigenvalue weighted by atomic mass is 15.2. The Balaban J connectivity index is 1.89. The first-order valence-electron chi connectivity index (χ1n) is 7.83. The Hall–Kier alpha value is -2.09. The summed E-state index contributed by atoms with van der Waals surface area (Å²) in [5, 5.41) is 0. The second-order valence-electron chi connectivity index (χ2n) is 5.52. The number of hydrogen-bond donors (Lipinski definition) is 0. The zero-order chi connectivity index (χ0) is 14.3. The molecule has 2 aromatic carbocycles. The fourth-order valence-electron chi connectivity index (χ4n) is 2.78. The van der Waals surface area contributed by atoms with E-state index in [1.54, 1.807) is 0 Å². The summed E-state index contributed by atoms with van der Waals surface area (Å²) in [6, 6.07) is 21.3. The molecule has 2 aromatic rings. The molecule has 0 aromatic heterocycles. The van der Waals surface area contributed by atoms with Gasteiger partial charge < -0.3 is 4.90 Å². The second-order valence-corrected chi connectivity index (χ2v) is 5.52. The second kappa shape index (κ2) is 7.07. The van der Waals surface area contributed by atoms with Crippen LogP contribution in [0.3, 0.4) is 0 Å². The fourth-order valence-corrected chi connectivity index (χ4v) is 2.78. The van der Waals surface area contributed by atoms with E-state index in [1.165, 1.54) is 36.3 Å². The zero-order valence-corrected chi connectivity index (χ0v) is 12.4. The first-order chi connectivity index (χ1) is 10.4. The van der Waals surface area contributed by atoms with E-state index in [9.17, 15) is 0 Å². The number of para-hydroxylation sites is 1. The maximum atomic E-state index is 4.84. The predicted octanol–water partition coefficient (Wildman–Crippen LogP) is 4.67. The molecule has 3 rings (SSSR count). The van der Waals surface area contributed by atoms with Crippen LogP contribution in [0.25, 0.3) is 0 Å². The number of benzene rings is 2. The minimum atomic E-state index is 0.893. The van der Waals surface area contributed by atoms with Crippen LogP contribution in [0, 0.1) is 0 Å². The predicted molar refractivity (Wildman–Crippen MR) is 89.8 cm³/mol. The smallest absolute Gasteiger partial charge is 0.104 e. The van der Waals surface area contributed by atoms with Crippen LogP contribution in [0.15, 0.2) is 65.7 Å². The van der Waals surface area contributed by atoms with Crippen molar-refractivity contribution >= 4 is 11.5 Å². The molecule has 0 amide bonds. The summed E-state index contributed by atoms with van der Waals surface area (Å²) in [6.45, 7) is 1.86. The molecule has 1 aliphatic heterocycles. The van der Waals surface area contributed by atoms with Gasteiger partial charge in [-0.15, -0.1) is 0 Å². The van der Waals surface area contributed by atoms with Gasteiger partial charge in [0.2, 0.25) is 0 Å². The van der Waals surface area contributed by atoms with Gasteiger partial charge in [-0.3, -0.25) is 4.99 Å². The third-order valence-electron chi connectivity index (χ3n) is 3.92. The maximum Gasteiger partial charge on any atom is 0.104 e. The minimum Gasteiger partial charge on any atom is -0.326 e. The lowest BCUT2D eigenvalue weighted by atomic mass is 10.1. The van der Waals surface area contributed by atoms with Crippen LogP contribution >= 0.6 is 0 Å². The van der Waals surface area contributed by atoms with E-state index >= 15 is 0 Å². The molecule has 2 nitrogen and oxygen atoms in total. The van der Waals surface area contributed by atoms with Gasteiger partial charge in [0.1, 0.15) is 5.84 Å². The Bertz CT molecular complexity index is 575. The zero-order valence-electron chi connectivity index (χ0n) is 12.4. The molecule has 0 atom stereocenters. The molecule has 0 saturated heterocycles. The number of amidine groups is 1. The van der Waals surface area contributed by atoms with Crippen LogP contribution in [0.2, 0.25) is 0 Å². The van der Waals surface area contributed by atoms with Crippen molar-refractivity contribution < 1.29 is 0 Å². The van der Waals surface area contributed by atoms with Crippen molar-refractivity contribution in [3.05, 3.63) is 66.2 Å². The van der Waals surface area contributed by atoms with Crippen molar-refractivity contribution in [3.63, 3.8) is 0 Å². The van der Waals surface area contributed by atoms with Gasteiger partial charge in [-0.2, -0.15) is 0 Å². The van der Waals surface area contributed by atoms with E-state index < -0.39 is 0 Å². The van der Waals surface area contributed by atoms with Crippen molar-refractivity contribution in [1.29, 1.82) is 0 Å². The molecule has 0 N–H and O–H groups in total. The summed E-state index contributed by atoms with van der Waals surface area (Å²) >= 11 is 0. The summed E-state index contributed by atoms with van der Waals surface area (Å²) in [4.78, 5) is 7.21. The molecule has 0 unspecified atom stereocenters. The number of aliphatic imine (C=N–C) groups is 1. The molecule has 108 valence electrons. The van der Waals surface area contributed by atoms with Gasteiger partial charge >= 0.3 is 0 Å². The molecule has 21 heavy (non-hydrogen) atoms. The molecule has 0 bridgehead atoms. The molecule has 0 radical (unpaired) electrons. The van der Waals surface area contributed by atoms with Gasteiger partial charge in [0.05, 0.1) is 0 Å². The van der Waals surface area contributed by atoms with E-state index in [2.05, 4.69) is 65.6 Å². The summed E-state index contributed by atoms with van der Waals surface area (Å²) in [7, 11) is 0. The van der Waals surface area contributed by atoms with Crippen LogP contribution in [0.4, 0.5) is 5.69 Å². The highest BCUT2D eigenvalue weighted by Gasteiger charge is 2.15. The van der Waals surface area contributed by atoms with E-state index in [4.69, 9.17) is 4.99 Å². The standard InChI is InChI=1S/C19H22N2/c1-4-10-17(11-5-1)16-21(18-12-6-2-7-13-18)19-14-8-3-9-15-20-19/h1-2,4-7,10-13H,3,8-9,14-16H2. The highest BCUT2D eigenvalue weighted by molar-refractivity contribution is 5.97. The molecule has 1 heterocycles. The van der Waals surface area contributed by atoms with E-state index in [1.807, 2.05) is 0 Å². The number of rotatable bonds is 3. The van der Waals surface area contributed by atoms with Crippen molar-refractivity contribution in [2.24, 2.45) is 4.99 Å². The van der Waals surface area contributed by atoms with Gasteiger partial charge in [-0.05, 0) is 30.5 Å². The Kier molecular flexibility index (Phi) is 4.67. The third-order valence-corrected chi connectivity index (χ3v) is 3.92. The minimum absolute atomic E-state index is 0.893. The highest BCUT2D eigenvalue weighted by Crippen LogP contribution is 2.21. The summed E-state index contributed by atoms with van der Waals surface area (Å²) < 4.78 is 0. The van der Waals surface area contributed by atoms with Crippen LogP contribution in [-0.4, -0.2) is 12.4 Å². The maximum absolute atomic E-state index is 4.84. The summed E-state index contributed by atoms with van der Waals surface area (Å²) in [5.41, 5.74) is 2.57. The number of anilines is 1. The first kappa shape index (κ1) is 13.9. The van der Waals surface area contributed by atoms with Gasteiger partial charge in [0.15, 0.2) is 0 Å². The van der Waals surface area contributed by atoms with E-state index in [0.717, 1.165) is 19.5 Å². The normalized spacial score (nSPS) is 15.1. The monoisotopic (exact) mass is 278 g/mol. The van der Waals surface area contributed by atoms with Gasteiger partial charge in [-0.1, -0.05) is 55.0 Å². The van der Waals surface area contributed by atoms with E-state index in [-0.39, 0.29) is 0 Å². The fraction of sp³-hybridized carbons (Fsp3) is 0.316. The van der Waals surface area contributed by atoms with Crippen molar-refractivity contribution in [2.75, 3.05) is 11.4 Å². The molecular weight excluding hydrogens is 256 g/mol. The summed E-state index contributed by atoms with van der Waals surface area (Å²) in [5.74, 6) is 1.24. The Morgan fingerprint density at radius 1 is 0.810 bits per heavy atom. The SMILES string of the molecule is c1ccc(CN(C2=NCCCCC2)c2ccccc2)cc1. The Labute approximate surface area is 127 Å². The van der Waals surface area contributed by atoms with Crippen LogP contribution in [0.1, 0.15) is 31.2 Å². The number of nitrogens with zero attached hydrogens (tertiary/aromatic N) is 2. The molecule has 0 fully saturated rings. The average Bonchev–Trinajstić information content (AvgIpc) is 2.84. The molecular formula is C19H22N2. The molecule has 2 heteroatoms. The molecule has 0 saturated carbocycles. The molecule has 0 spiro atoms. The van der Waals surface area contributed by atoms with Crippen LogP contribution in [0.5, 0.6) is 0 Å². The quantitative estimate of drug-likeness (QED) is 0.797. The van der Waals surface area contributed by atoms with Crippen molar-refractivity contribution in [3.8, 4) is 0 Å². The Morgan fingerprint density at radius 2 is 1.52 bits per heavy atom. The summed E-state index contributed by atoms with van der Waals surface area (Å²) in [6.07, 6.45) is 4.84. The topological polar surface area (TPSA) is 15.6 Å². The van der Waals surface area contributed by atoms with Gasteiger partial charge in [-0.25, -0.2) is 0 Å². The van der Waals surface area contributed by atoms with Crippen LogP contribution < -0.4 is 4.90 Å². The molecule has 1 aliphatic rings. The van der Waals surface area contributed by atoms with Crippen LogP contribution in [-0.2, 0) is 6.54 Å². The van der Waals surface area contributed by atoms with Gasteiger partial charge in [0.25, 0.3) is 0 Å². The lowest BCUT2D eigenvalue weighted by Crippen LogP contribution is -2.30. The van der Waals surface area contributed by atoms with Gasteiger partial charge in [0, 0.05) is 25.2 Å². The van der Waals surface area contributed by atoms with E-state index in [0.29, 0.717) is 0 Å². The molecule has 0 aliphatic carbocycles. The van der Waals surface area contributed by atoms with Crippen molar-refractivity contribution in [1.82, 2.24) is 0 Å².